The second kappa shape index (κ2) is 6.54. The average Bonchev–Trinajstić information content (AvgIpc) is 2.94. The van der Waals surface area contributed by atoms with Crippen LogP contribution >= 0.6 is 23.1 Å². The van der Waals surface area contributed by atoms with Gasteiger partial charge in [-0.25, -0.2) is 0 Å². The van der Waals surface area contributed by atoms with Crippen LogP contribution in [0.1, 0.15) is 77.0 Å². The van der Waals surface area contributed by atoms with Gasteiger partial charge in [-0.15, -0.1) is 23.1 Å². The standard InChI is InChI=1S/C18H30OS2/c1-7-17(5,8-2)15-13-14(20-12-11-19-13)16(21-15)18(6,9-3)10-4/h7-12H2,1-6H3. The molecule has 1 aliphatic heterocycles. The van der Waals surface area contributed by atoms with Gasteiger partial charge in [-0.3, -0.25) is 0 Å². The van der Waals surface area contributed by atoms with E-state index < -0.39 is 0 Å². The summed E-state index contributed by atoms with van der Waals surface area (Å²) < 4.78 is 6.16. The molecule has 0 saturated carbocycles. The van der Waals surface area contributed by atoms with Crippen molar-refractivity contribution in [1.29, 1.82) is 0 Å². The van der Waals surface area contributed by atoms with Gasteiger partial charge in [0.2, 0.25) is 0 Å². The Balaban J connectivity index is 2.62. The van der Waals surface area contributed by atoms with Crippen molar-refractivity contribution in [3.63, 3.8) is 0 Å². The first kappa shape index (κ1) is 17.2. The summed E-state index contributed by atoms with van der Waals surface area (Å²) in [6, 6.07) is 0. The lowest BCUT2D eigenvalue weighted by molar-refractivity contribution is 0.313. The molecular formula is C18H30OS2. The van der Waals surface area contributed by atoms with E-state index in [1.807, 2.05) is 23.1 Å². The maximum Gasteiger partial charge on any atom is 0.147 e. The van der Waals surface area contributed by atoms with Crippen molar-refractivity contribution in [2.75, 3.05) is 12.4 Å². The summed E-state index contributed by atoms with van der Waals surface area (Å²) >= 11 is 4.06. The zero-order valence-corrected chi connectivity index (χ0v) is 16.1. The van der Waals surface area contributed by atoms with Crippen LogP contribution in [0.4, 0.5) is 0 Å². The smallest absolute Gasteiger partial charge is 0.147 e. The Morgan fingerprint density at radius 3 is 1.95 bits per heavy atom. The van der Waals surface area contributed by atoms with Crippen molar-refractivity contribution in [3.8, 4) is 5.75 Å². The Morgan fingerprint density at radius 1 is 0.905 bits per heavy atom. The summed E-state index contributed by atoms with van der Waals surface area (Å²) in [5.74, 6) is 2.32. The molecule has 0 spiro atoms. The van der Waals surface area contributed by atoms with Crippen LogP contribution in [0.25, 0.3) is 0 Å². The Morgan fingerprint density at radius 2 is 1.43 bits per heavy atom. The van der Waals surface area contributed by atoms with Crippen molar-refractivity contribution in [3.05, 3.63) is 9.75 Å². The van der Waals surface area contributed by atoms with Crippen LogP contribution in [0.5, 0.6) is 5.75 Å². The third-order valence-corrected chi connectivity index (χ3v) is 8.58. The maximum absolute atomic E-state index is 6.16. The van der Waals surface area contributed by atoms with Crippen LogP contribution in [-0.2, 0) is 10.8 Å². The highest BCUT2D eigenvalue weighted by atomic mass is 32.2. The van der Waals surface area contributed by atoms with E-state index in [2.05, 4.69) is 41.5 Å². The van der Waals surface area contributed by atoms with E-state index in [9.17, 15) is 0 Å². The topological polar surface area (TPSA) is 9.23 Å². The molecule has 1 aromatic rings. The van der Waals surface area contributed by atoms with Crippen LogP contribution in [0, 0.1) is 0 Å². The third-order valence-electron chi connectivity index (χ3n) is 5.62. The fourth-order valence-electron chi connectivity index (χ4n) is 2.89. The molecule has 0 unspecified atom stereocenters. The molecule has 0 bridgehead atoms. The molecule has 1 aromatic heterocycles. The lowest BCUT2D eigenvalue weighted by Gasteiger charge is -2.28. The number of thioether (sulfide) groups is 1. The SMILES string of the molecule is CCC(C)(CC)c1sc(C(C)(CC)CC)c2c1OCCS2. The van der Waals surface area contributed by atoms with Gasteiger partial charge in [-0.1, -0.05) is 41.5 Å². The second-order valence-electron chi connectivity index (χ2n) is 6.65. The fourth-order valence-corrected chi connectivity index (χ4v) is 6.01. The van der Waals surface area contributed by atoms with Crippen molar-refractivity contribution < 1.29 is 4.74 Å². The molecule has 1 aliphatic rings. The van der Waals surface area contributed by atoms with Crippen LogP contribution in [0.2, 0.25) is 0 Å². The summed E-state index contributed by atoms with van der Waals surface area (Å²) in [4.78, 5) is 4.54. The largest absolute Gasteiger partial charge is 0.490 e. The summed E-state index contributed by atoms with van der Waals surface area (Å²) in [5, 5.41) is 0. The third kappa shape index (κ3) is 2.88. The Bertz CT molecular complexity index is 439. The number of ether oxygens (including phenoxy) is 1. The van der Waals surface area contributed by atoms with E-state index in [1.54, 1.807) is 4.88 Å². The number of hydrogen-bond donors (Lipinski definition) is 0. The van der Waals surface area contributed by atoms with Gasteiger partial charge in [0, 0.05) is 21.5 Å². The van der Waals surface area contributed by atoms with Crippen LogP contribution in [0.15, 0.2) is 4.90 Å². The van der Waals surface area contributed by atoms with Gasteiger partial charge in [-0.2, -0.15) is 0 Å². The molecule has 0 N–H and O–H groups in total. The lowest BCUT2D eigenvalue weighted by atomic mass is 9.81. The molecule has 1 nitrogen and oxygen atoms in total. The van der Waals surface area contributed by atoms with Gasteiger partial charge in [0.15, 0.2) is 0 Å². The molecule has 2 rings (SSSR count). The van der Waals surface area contributed by atoms with E-state index in [0.717, 1.165) is 12.4 Å². The first-order valence-corrected chi connectivity index (χ1v) is 10.2. The van der Waals surface area contributed by atoms with Crippen molar-refractivity contribution in [2.45, 2.75) is 83.0 Å². The minimum Gasteiger partial charge on any atom is -0.490 e. The molecule has 0 radical (unpaired) electrons. The quantitative estimate of drug-likeness (QED) is 0.599. The van der Waals surface area contributed by atoms with Gasteiger partial charge in [0.05, 0.1) is 16.4 Å². The molecule has 0 aromatic carbocycles. The van der Waals surface area contributed by atoms with E-state index >= 15 is 0 Å². The number of thiophene rings is 1. The molecule has 0 amide bonds. The first-order valence-electron chi connectivity index (χ1n) is 8.39. The highest BCUT2D eigenvalue weighted by molar-refractivity contribution is 7.99. The number of rotatable bonds is 6. The molecule has 0 fully saturated rings. The summed E-state index contributed by atoms with van der Waals surface area (Å²) in [5.41, 5.74) is 0.552. The summed E-state index contributed by atoms with van der Waals surface area (Å²) in [6.07, 6.45) is 4.76. The highest BCUT2D eigenvalue weighted by Crippen LogP contribution is 2.55. The van der Waals surface area contributed by atoms with Gasteiger partial charge < -0.3 is 4.74 Å². The average molecular weight is 327 g/mol. The highest BCUT2D eigenvalue weighted by Gasteiger charge is 2.38. The van der Waals surface area contributed by atoms with Crippen molar-refractivity contribution in [2.24, 2.45) is 0 Å². The molecule has 120 valence electrons. The van der Waals surface area contributed by atoms with Crippen molar-refractivity contribution >= 4 is 23.1 Å². The number of fused-ring (bicyclic) bond motifs is 1. The first-order chi connectivity index (χ1) is 9.95. The Kier molecular flexibility index (Phi) is 5.36. The Hall–Kier alpha value is -0.150. The summed E-state index contributed by atoms with van der Waals surface area (Å²) in [6.45, 7) is 15.0. The molecular weight excluding hydrogens is 296 g/mol. The molecule has 0 saturated heterocycles. The zero-order chi connectivity index (χ0) is 15.7. The van der Waals surface area contributed by atoms with Gasteiger partial charge in [0.1, 0.15) is 5.75 Å². The van der Waals surface area contributed by atoms with Gasteiger partial charge in [-0.05, 0) is 25.7 Å². The van der Waals surface area contributed by atoms with Crippen LogP contribution < -0.4 is 4.74 Å². The van der Waals surface area contributed by atoms with E-state index in [1.165, 1.54) is 41.2 Å². The monoisotopic (exact) mass is 326 g/mol. The molecule has 0 atom stereocenters. The van der Waals surface area contributed by atoms with Crippen LogP contribution in [0.3, 0.4) is 0 Å². The summed E-state index contributed by atoms with van der Waals surface area (Å²) in [7, 11) is 0. The molecule has 2 heterocycles. The fraction of sp³-hybridized carbons (Fsp3) is 0.778. The van der Waals surface area contributed by atoms with Crippen LogP contribution in [-0.4, -0.2) is 12.4 Å². The van der Waals surface area contributed by atoms with E-state index in [0.29, 0.717) is 5.41 Å². The van der Waals surface area contributed by atoms with Gasteiger partial charge >= 0.3 is 0 Å². The molecule has 21 heavy (non-hydrogen) atoms. The Labute approximate surface area is 138 Å². The predicted molar refractivity (Wildman–Crippen MR) is 96.4 cm³/mol. The second-order valence-corrected chi connectivity index (χ2v) is 8.78. The normalized spacial score (nSPS) is 15.7. The minimum atomic E-state index is 0.257. The molecule has 3 heteroatoms. The lowest BCUT2D eigenvalue weighted by Crippen LogP contribution is -2.20. The van der Waals surface area contributed by atoms with E-state index in [4.69, 9.17) is 4.74 Å². The maximum atomic E-state index is 6.16. The number of hydrogen-bond acceptors (Lipinski definition) is 3. The minimum absolute atomic E-state index is 0.257. The molecule has 0 aliphatic carbocycles. The predicted octanol–water partition coefficient (Wildman–Crippen LogP) is 6.39. The van der Waals surface area contributed by atoms with Crippen molar-refractivity contribution in [1.82, 2.24) is 0 Å². The van der Waals surface area contributed by atoms with Gasteiger partial charge in [0.25, 0.3) is 0 Å². The zero-order valence-electron chi connectivity index (χ0n) is 14.5. The van der Waals surface area contributed by atoms with E-state index in [-0.39, 0.29) is 5.41 Å².